The molecule has 92 valence electrons. The van der Waals surface area contributed by atoms with Crippen LogP contribution in [0, 0.1) is 6.92 Å². The van der Waals surface area contributed by atoms with Crippen LogP contribution in [0.15, 0.2) is 42.5 Å². The maximum atomic E-state index is 12.0. The van der Waals surface area contributed by atoms with Crippen LogP contribution >= 0.6 is 0 Å². The van der Waals surface area contributed by atoms with E-state index in [1.165, 1.54) is 6.07 Å². The smallest absolute Gasteiger partial charge is 0.255 e. The lowest BCUT2D eigenvalue weighted by Crippen LogP contribution is -2.12. The molecule has 0 saturated heterocycles. The fraction of sp³-hybridized carbons (Fsp3) is 0.0714. The van der Waals surface area contributed by atoms with Crippen molar-refractivity contribution in [2.45, 2.75) is 6.92 Å². The average Bonchev–Trinajstić information content (AvgIpc) is 2.35. The second-order valence-electron chi connectivity index (χ2n) is 4.04. The maximum absolute atomic E-state index is 12.0. The van der Waals surface area contributed by atoms with Crippen LogP contribution in [-0.2, 0) is 0 Å². The number of nitrogens with one attached hydrogen (secondary N) is 1. The van der Waals surface area contributed by atoms with E-state index in [1.807, 2.05) is 6.92 Å². The first-order chi connectivity index (χ1) is 8.58. The standard InChI is InChI=1S/C14H14N2O2/c1-9-6-7-10(8-11(9)15)14(18)16-12-4-2-3-5-13(12)17/h2-8,17H,15H2,1H3,(H,16,18). The van der Waals surface area contributed by atoms with Crippen molar-refractivity contribution in [1.82, 2.24) is 0 Å². The van der Waals surface area contributed by atoms with E-state index in [1.54, 1.807) is 36.4 Å². The molecule has 4 nitrogen and oxygen atoms in total. The molecule has 0 aliphatic carbocycles. The molecule has 0 aromatic heterocycles. The van der Waals surface area contributed by atoms with Crippen LogP contribution in [0.2, 0.25) is 0 Å². The van der Waals surface area contributed by atoms with E-state index in [9.17, 15) is 9.90 Å². The number of nitrogen functional groups attached to an aromatic ring is 1. The Bertz CT molecular complexity index is 594. The van der Waals surface area contributed by atoms with Gasteiger partial charge in [0.05, 0.1) is 5.69 Å². The Labute approximate surface area is 105 Å². The molecule has 0 unspecified atom stereocenters. The highest BCUT2D eigenvalue weighted by atomic mass is 16.3. The van der Waals surface area contributed by atoms with Gasteiger partial charge in [-0.3, -0.25) is 4.79 Å². The molecule has 0 spiro atoms. The number of amides is 1. The van der Waals surface area contributed by atoms with Crippen molar-refractivity contribution in [1.29, 1.82) is 0 Å². The minimum absolute atomic E-state index is 0.0333. The Hall–Kier alpha value is -2.49. The first-order valence-electron chi connectivity index (χ1n) is 5.53. The number of carbonyl (C=O) groups is 1. The highest BCUT2D eigenvalue weighted by Gasteiger charge is 2.09. The zero-order chi connectivity index (χ0) is 13.1. The lowest BCUT2D eigenvalue weighted by Gasteiger charge is -2.08. The van der Waals surface area contributed by atoms with E-state index in [4.69, 9.17) is 5.73 Å². The Morgan fingerprint density at radius 3 is 2.61 bits per heavy atom. The van der Waals surface area contributed by atoms with Crippen LogP contribution in [0.5, 0.6) is 5.75 Å². The monoisotopic (exact) mass is 242 g/mol. The number of benzene rings is 2. The number of rotatable bonds is 2. The van der Waals surface area contributed by atoms with E-state index < -0.39 is 0 Å². The molecule has 0 aliphatic rings. The molecule has 0 atom stereocenters. The van der Waals surface area contributed by atoms with Crippen LogP contribution in [0.1, 0.15) is 15.9 Å². The third-order valence-corrected chi connectivity index (χ3v) is 2.69. The van der Waals surface area contributed by atoms with Crippen LogP contribution < -0.4 is 11.1 Å². The summed E-state index contributed by atoms with van der Waals surface area (Å²) in [5.41, 5.74) is 8.08. The summed E-state index contributed by atoms with van der Waals surface area (Å²) in [5, 5.41) is 12.2. The van der Waals surface area contributed by atoms with E-state index >= 15 is 0 Å². The summed E-state index contributed by atoms with van der Waals surface area (Å²) in [6, 6.07) is 11.7. The van der Waals surface area contributed by atoms with Crippen LogP contribution in [-0.4, -0.2) is 11.0 Å². The SMILES string of the molecule is Cc1ccc(C(=O)Nc2ccccc2O)cc1N. The van der Waals surface area contributed by atoms with E-state index in [2.05, 4.69) is 5.32 Å². The highest BCUT2D eigenvalue weighted by molar-refractivity contribution is 6.05. The molecule has 0 radical (unpaired) electrons. The van der Waals surface area contributed by atoms with Gasteiger partial charge in [-0.25, -0.2) is 0 Å². The first-order valence-corrected chi connectivity index (χ1v) is 5.53. The molecule has 2 rings (SSSR count). The molecule has 0 heterocycles. The van der Waals surface area contributed by atoms with Crippen molar-refractivity contribution >= 4 is 17.3 Å². The van der Waals surface area contributed by atoms with Gasteiger partial charge in [0.15, 0.2) is 0 Å². The van der Waals surface area contributed by atoms with Gasteiger partial charge in [0.2, 0.25) is 0 Å². The van der Waals surface area contributed by atoms with E-state index in [0.29, 0.717) is 16.9 Å². The van der Waals surface area contributed by atoms with Crippen molar-refractivity contribution < 1.29 is 9.90 Å². The number of hydrogen-bond donors (Lipinski definition) is 3. The van der Waals surface area contributed by atoms with E-state index in [0.717, 1.165) is 5.56 Å². The van der Waals surface area contributed by atoms with Gasteiger partial charge in [0.1, 0.15) is 5.75 Å². The number of nitrogens with two attached hydrogens (primary N) is 1. The van der Waals surface area contributed by atoms with E-state index in [-0.39, 0.29) is 11.7 Å². The molecule has 4 heteroatoms. The minimum Gasteiger partial charge on any atom is -0.506 e. The summed E-state index contributed by atoms with van der Waals surface area (Å²) >= 11 is 0. The Kier molecular flexibility index (Phi) is 3.19. The van der Waals surface area contributed by atoms with Gasteiger partial charge in [-0.2, -0.15) is 0 Å². The second kappa shape index (κ2) is 4.79. The molecule has 2 aromatic carbocycles. The Morgan fingerprint density at radius 1 is 1.22 bits per heavy atom. The normalized spacial score (nSPS) is 10.1. The molecule has 0 bridgehead atoms. The summed E-state index contributed by atoms with van der Waals surface area (Å²) in [5.74, 6) is -0.269. The number of carbonyl (C=O) groups excluding carboxylic acids is 1. The maximum Gasteiger partial charge on any atom is 0.255 e. The summed E-state index contributed by atoms with van der Waals surface area (Å²) in [6.07, 6.45) is 0. The summed E-state index contributed by atoms with van der Waals surface area (Å²) in [7, 11) is 0. The first kappa shape index (κ1) is 12.0. The molecule has 4 N–H and O–H groups in total. The number of aromatic hydroxyl groups is 1. The number of para-hydroxylation sites is 2. The fourth-order valence-corrected chi connectivity index (χ4v) is 1.56. The molecule has 0 aliphatic heterocycles. The quantitative estimate of drug-likeness (QED) is 0.559. The molecule has 18 heavy (non-hydrogen) atoms. The van der Waals surface area contributed by atoms with Crippen LogP contribution in [0.25, 0.3) is 0 Å². The number of anilines is 2. The van der Waals surface area contributed by atoms with Gasteiger partial charge < -0.3 is 16.2 Å². The summed E-state index contributed by atoms with van der Waals surface area (Å²) in [6.45, 7) is 1.88. The Balaban J connectivity index is 2.22. The molecule has 2 aromatic rings. The molecule has 1 amide bonds. The lowest BCUT2D eigenvalue weighted by molar-refractivity contribution is 0.102. The number of phenols is 1. The van der Waals surface area contributed by atoms with Crippen molar-refractivity contribution in [2.24, 2.45) is 0 Å². The molecular formula is C14H14N2O2. The van der Waals surface area contributed by atoms with Crippen LogP contribution in [0.4, 0.5) is 11.4 Å². The zero-order valence-electron chi connectivity index (χ0n) is 9.97. The zero-order valence-corrected chi connectivity index (χ0v) is 9.97. The Morgan fingerprint density at radius 2 is 1.94 bits per heavy atom. The number of aryl methyl sites for hydroxylation is 1. The van der Waals surface area contributed by atoms with Crippen molar-refractivity contribution in [2.75, 3.05) is 11.1 Å². The minimum atomic E-state index is -0.303. The van der Waals surface area contributed by atoms with Crippen molar-refractivity contribution in [3.63, 3.8) is 0 Å². The number of hydrogen-bond acceptors (Lipinski definition) is 3. The van der Waals surface area contributed by atoms with Gasteiger partial charge in [0, 0.05) is 11.3 Å². The predicted molar refractivity (Wildman–Crippen MR) is 71.7 cm³/mol. The average molecular weight is 242 g/mol. The van der Waals surface area contributed by atoms with Gasteiger partial charge >= 0.3 is 0 Å². The highest BCUT2D eigenvalue weighted by Crippen LogP contribution is 2.22. The second-order valence-corrected chi connectivity index (χ2v) is 4.04. The van der Waals surface area contributed by atoms with Gasteiger partial charge in [-0.05, 0) is 36.8 Å². The van der Waals surface area contributed by atoms with Crippen LogP contribution in [0.3, 0.4) is 0 Å². The third kappa shape index (κ3) is 2.43. The number of phenolic OH excluding ortho intramolecular Hbond substituents is 1. The van der Waals surface area contributed by atoms with Gasteiger partial charge in [0.25, 0.3) is 5.91 Å². The van der Waals surface area contributed by atoms with Gasteiger partial charge in [-0.15, -0.1) is 0 Å². The van der Waals surface area contributed by atoms with Gasteiger partial charge in [-0.1, -0.05) is 18.2 Å². The topological polar surface area (TPSA) is 75.3 Å². The fourth-order valence-electron chi connectivity index (χ4n) is 1.56. The predicted octanol–water partition coefficient (Wildman–Crippen LogP) is 2.54. The molecule has 0 fully saturated rings. The van der Waals surface area contributed by atoms with Crippen molar-refractivity contribution in [3.8, 4) is 5.75 Å². The van der Waals surface area contributed by atoms with Crippen molar-refractivity contribution in [3.05, 3.63) is 53.6 Å². The lowest BCUT2D eigenvalue weighted by atomic mass is 10.1. The summed E-state index contributed by atoms with van der Waals surface area (Å²) < 4.78 is 0. The molecule has 0 saturated carbocycles. The molecular weight excluding hydrogens is 228 g/mol. The third-order valence-electron chi connectivity index (χ3n) is 2.69. The largest absolute Gasteiger partial charge is 0.506 e. The summed E-state index contributed by atoms with van der Waals surface area (Å²) in [4.78, 5) is 12.0.